The summed E-state index contributed by atoms with van der Waals surface area (Å²) in [5.41, 5.74) is 0. The van der Waals surface area contributed by atoms with E-state index in [-0.39, 0.29) is 4.50 Å². The molecule has 1 saturated carbocycles. The third-order valence-electron chi connectivity index (χ3n) is 3.03. The zero-order valence-corrected chi connectivity index (χ0v) is 11.0. The van der Waals surface area contributed by atoms with Gasteiger partial charge in [-0.25, -0.2) is 0 Å². The summed E-state index contributed by atoms with van der Waals surface area (Å²) in [6, 6.07) is 10.8. The zero-order chi connectivity index (χ0) is 10.6. The summed E-state index contributed by atoms with van der Waals surface area (Å²) >= 11 is 0.462. The average molecular weight is 269 g/mol. The summed E-state index contributed by atoms with van der Waals surface area (Å²) in [6.07, 6.45) is 6.55. The van der Waals surface area contributed by atoms with Crippen LogP contribution in [0, 0.1) is 0 Å². The van der Waals surface area contributed by atoms with Crippen LogP contribution in [-0.4, -0.2) is 26.6 Å². The Bertz CT molecular complexity index is 291. The summed E-state index contributed by atoms with van der Waals surface area (Å²) in [4.78, 5) is 0. The van der Waals surface area contributed by atoms with Crippen molar-refractivity contribution in [2.75, 3.05) is 7.11 Å². The maximum absolute atomic E-state index is 5.81. The van der Waals surface area contributed by atoms with Gasteiger partial charge >= 0.3 is 98.2 Å². The molecule has 0 heterocycles. The molecule has 0 amide bonds. The molecule has 1 aromatic rings. The molecule has 0 aliphatic heterocycles. The fraction of sp³-hybridized carbons (Fsp3) is 0.538. The van der Waals surface area contributed by atoms with Crippen molar-refractivity contribution in [2.45, 2.75) is 36.6 Å². The van der Waals surface area contributed by atoms with Crippen LogP contribution in [0.25, 0.3) is 0 Å². The molecule has 0 radical (unpaired) electrons. The third kappa shape index (κ3) is 2.84. The van der Waals surface area contributed by atoms with E-state index in [0.717, 1.165) is 0 Å². The molecule has 0 saturated heterocycles. The summed E-state index contributed by atoms with van der Waals surface area (Å²) in [5, 5.41) is 0. The minimum absolute atomic E-state index is 0.187. The number of hydrogen-bond acceptors (Lipinski definition) is 1. The Balaban J connectivity index is 2.07. The second kappa shape index (κ2) is 5.16. The van der Waals surface area contributed by atoms with Gasteiger partial charge in [-0.3, -0.25) is 0 Å². The molecule has 0 aromatic heterocycles. The van der Waals surface area contributed by atoms with Crippen LogP contribution in [-0.2, 0) is 4.74 Å². The standard InChI is InChI=1S/C13H18OSe/c1-14-13(10-6-3-7-11-13)15-12-8-4-2-5-9-12/h2,4-5,8-9H,3,6-7,10-11H2,1H3. The molecule has 1 aliphatic rings. The van der Waals surface area contributed by atoms with Crippen LogP contribution in [0.5, 0.6) is 0 Å². The first-order valence-corrected chi connectivity index (χ1v) is 7.35. The van der Waals surface area contributed by atoms with Gasteiger partial charge in [0, 0.05) is 0 Å². The van der Waals surface area contributed by atoms with Crippen molar-refractivity contribution in [3.63, 3.8) is 0 Å². The summed E-state index contributed by atoms with van der Waals surface area (Å²) < 4.78 is 7.46. The first-order chi connectivity index (χ1) is 7.35. The Morgan fingerprint density at radius 3 is 2.33 bits per heavy atom. The van der Waals surface area contributed by atoms with Gasteiger partial charge in [0.25, 0.3) is 0 Å². The van der Waals surface area contributed by atoms with Crippen molar-refractivity contribution in [3.05, 3.63) is 30.3 Å². The maximum atomic E-state index is 5.81. The molecular formula is C13H18OSe. The fourth-order valence-electron chi connectivity index (χ4n) is 2.14. The van der Waals surface area contributed by atoms with Crippen LogP contribution in [0.1, 0.15) is 32.1 Å². The van der Waals surface area contributed by atoms with Gasteiger partial charge in [-0.05, 0) is 0 Å². The van der Waals surface area contributed by atoms with Crippen molar-refractivity contribution in [1.82, 2.24) is 0 Å². The molecule has 0 unspecified atom stereocenters. The van der Waals surface area contributed by atoms with Crippen molar-refractivity contribution in [1.29, 1.82) is 0 Å². The van der Waals surface area contributed by atoms with Gasteiger partial charge in [-0.1, -0.05) is 0 Å². The Morgan fingerprint density at radius 2 is 1.73 bits per heavy atom. The van der Waals surface area contributed by atoms with Crippen molar-refractivity contribution in [2.24, 2.45) is 0 Å². The molecule has 1 fully saturated rings. The summed E-state index contributed by atoms with van der Waals surface area (Å²) in [5.74, 6) is 0. The average Bonchev–Trinajstić information content (AvgIpc) is 2.32. The van der Waals surface area contributed by atoms with Crippen LogP contribution in [0.2, 0.25) is 0 Å². The quantitative estimate of drug-likeness (QED) is 0.765. The van der Waals surface area contributed by atoms with E-state index in [0.29, 0.717) is 15.0 Å². The Morgan fingerprint density at radius 1 is 1.07 bits per heavy atom. The van der Waals surface area contributed by atoms with Gasteiger partial charge in [0.15, 0.2) is 0 Å². The molecule has 15 heavy (non-hydrogen) atoms. The van der Waals surface area contributed by atoms with E-state index < -0.39 is 0 Å². The topological polar surface area (TPSA) is 9.23 Å². The van der Waals surface area contributed by atoms with Gasteiger partial charge in [-0.15, -0.1) is 0 Å². The van der Waals surface area contributed by atoms with E-state index in [4.69, 9.17) is 4.74 Å². The van der Waals surface area contributed by atoms with Crippen LogP contribution in [0.15, 0.2) is 30.3 Å². The molecule has 1 aliphatic carbocycles. The molecule has 82 valence electrons. The second-order valence-corrected chi connectivity index (χ2v) is 7.07. The Labute approximate surface area is 98.4 Å². The number of hydrogen-bond donors (Lipinski definition) is 0. The van der Waals surface area contributed by atoms with Gasteiger partial charge in [0.1, 0.15) is 0 Å². The fourth-order valence-corrected chi connectivity index (χ4v) is 4.87. The molecule has 0 spiro atoms. The van der Waals surface area contributed by atoms with E-state index >= 15 is 0 Å². The number of methoxy groups -OCH3 is 1. The van der Waals surface area contributed by atoms with E-state index in [9.17, 15) is 0 Å². The van der Waals surface area contributed by atoms with Crippen LogP contribution in [0.4, 0.5) is 0 Å². The molecule has 0 N–H and O–H groups in total. The monoisotopic (exact) mass is 270 g/mol. The summed E-state index contributed by atoms with van der Waals surface area (Å²) in [7, 11) is 1.88. The van der Waals surface area contributed by atoms with Gasteiger partial charge in [0.05, 0.1) is 0 Å². The molecule has 2 heteroatoms. The molecule has 1 aromatic carbocycles. The van der Waals surface area contributed by atoms with E-state index in [1.165, 1.54) is 36.6 Å². The Kier molecular flexibility index (Phi) is 3.85. The number of rotatable bonds is 3. The van der Waals surface area contributed by atoms with Crippen molar-refractivity contribution < 1.29 is 4.74 Å². The molecule has 0 atom stereocenters. The van der Waals surface area contributed by atoms with Gasteiger partial charge < -0.3 is 0 Å². The van der Waals surface area contributed by atoms with E-state index in [2.05, 4.69) is 30.3 Å². The predicted molar refractivity (Wildman–Crippen MR) is 64.7 cm³/mol. The first-order valence-electron chi connectivity index (χ1n) is 5.64. The summed E-state index contributed by atoms with van der Waals surface area (Å²) in [6.45, 7) is 0. The SMILES string of the molecule is COC1([Se]c2ccccc2)CCCCC1. The molecule has 2 rings (SSSR count). The minimum atomic E-state index is 0.187. The first kappa shape index (κ1) is 11.2. The van der Waals surface area contributed by atoms with Crippen molar-refractivity contribution >= 4 is 19.4 Å². The predicted octanol–water partition coefficient (Wildman–Crippen LogP) is 2.32. The third-order valence-corrected chi connectivity index (χ3v) is 6.09. The van der Waals surface area contributed by atoms with Gasteiger partial charge in [-0.2, -0.15) is 0 Å². The van der Waals surface area contributed by atoms with Gasteiger partial charge in [0.2, 0.25) is 0 Å². The van der Waals surface area contributed by atoms with Crippen LogP contribution in [0.3, 0.4) is 0 Å². The van der Waals surface area contributed by atoms with E-state index in [1.807, 2.05) is 7.11 Å². The Hall–Kier alpha value is -0.301. The van der Waals surface area contributed by atoms with Crippen molar-refractivity contribution in [3.8, 4) is 0 Å². The van der Waals surface area contributed by atoms with E-state index in [1.54, 1.807) is 0 Å². The van der Waals surface area contributed by atoms with Crippen LogP contribution < -0.4 is 4.46 Å². The molecule has 1 nitrogen and oxygen atoms in total. The second-order valence-electron chi connectivity index (χ2n) is 4.09. The van der Waals surface area contributed by atoms with Crippen LogP contribution >= 0.6 is 0 Å². The number of ether oxygens (including phenoxy) is 1. The molecule has 0 bridgehead atoms. The number of benzene rings is 1. The zero-order valence-electron chi connectivity index (χ0n) is 9.24. The normalized spacial score (nSPS) is 20.1. The molecular weight excluding hydrogens is 251 g/mol.